The van der Waals surface area contributed by atoms with Crippen molar-refractivity contribution in [3.05, 3.63) is 59.7 Å². The highest BCUT2D eigenvalue weighted by Crippen LogP contribution is 2.24. The first kappa shape index (κ1) is 12.8. The summed E-state index contributed by atoms with van der Waals surface area (Å²) < 4.78 is 0. The van der Waals surface area contributed by atoms with Crippen molar-refractivity contribution in [2.24, 2.45) is 0 Å². The van der Waals surface area contributed by atoms with Gasteiger partial charge in [0.2, 0.25) is 0 Å². The lowest BCUT2D eigenvalue weighted by Crippen LogP contribution is -2.05. The fourth-order valence-electron chi connectivity index (χ4n) is 1.82. The Morgan fingerprint density at radius 3 is 1.89 bits per heavy atom. The lowest BCUT2D eigenvalue weighted by atomic mass is 10.1. The Labute approximate surface area is 110 Å². The zero-order valence-corrected chi connectivity index (χ0v) is 10.4. The van der Waals surface area contributed by atoms with Gasteiger partial charge in [-0.3, -0.25) is 4.79 Å². The molecule has 2 rings (SSSR count). The molecule has 2 aromatic carbocycles. The van der Waals surface area contributed by atoms with Crippen LogP contribution in [0.5, 0.6) is 0 Å². The Balaban J connectivity index is 2.42. The number of Topliss-reactive ketones (excluding diaryl/α,β-unsaturated/α-hetero) is 1. The molecule has 0 bridgehead atoms. The van der Waals surface area contributed by atoms with E-state index in [0.29, 0.717) is 16.9 Å². The maximum absolute atomic E-state index is 11.5. The van der Waals surface area contributed by atoms with Crippen molar-refractivity contribution in [3.63, 3.8) is 0 Å². The molecule has 2 N–H and O–H groups in total. The number of benzene rings is 2. The van der Waals surface area contributed by atoms with Gasteiger partial charge in [-0.15, -0.1) is 0 Å². The van der Waals surface area contributed by atoms with Crippen LogP contribution in [0.2, 0.25) is 0 Å². The minimum atomic E-state index is -1.01. The number of carbonyl (C=O) groups excluding carboxylic acids is 1. The van der Waals surface area contributed by atoms with E-state index in [0.717, 1.165) is 0 Å². The first-order chi connectivity index (χ1) is 9.09. The maximum atomic E-state index is 11.5. The van der Waals surface area contributed by atoms with Gasteiger partial charge < -0.3 is 10.4 Å². The van der Waals surface area contributed by atoms with E-state index in [2.05, 4.69) is 5.32 Å². The smallest absolute Gasteiger partial charge is 0.337 e. The van der Waals surface area contributed by atoms with Gasteiger partial charge in [0.15, 0.2) is 5.78 Å². The molecule has 0 unspecified atom stereocenters. The molecule has 0 spiro atoms. The van der Waals surface area contributed by atoms with E-state index in [1.54, 1.807) is 42.5 Å². The topological polar surface area (TPSA) is 66.4 Å². The predicted molar refractivity (Wildman–Crippen MR) is 73.1 cm³/mol. The molecule has 0 heterocycles. The second-order valence-corrected chi connectivity index (χ2v) is 4.08. The first-order valence-electron chi connectivity index (χ1n) is 5.79. The third-order valence-corrected chi connectivity index (χ3v) is 2.73. The summed E-state index contributed by atoms with van der Waals surface area (Å²) in [5.74, 6) is -1.08. The largest absolute Gasteiger partial charge is 0.478 e. The molecule has 0 aliphatic carbocycles. The van der Waals surface area contributed by atoms with Crippen molar-refractivity contribution < 1.29 is 14.7 Å². The second-order valence-electron chi connectivity index (χ2n) is 4.08. The highest BCUT2D eigenvalue weighted by atomic mass is 16.4. The number of carboxylic acids is 1. The number of hydrogen-bond acceptors (Lipinski definition) is 3. The third-order valence-electron chi connectivity index (χ3n) is 2.73. The van der Waals surface area contributed by atoms with Crippen LogP contribution in [0.25, 0.3) is 0 Å². The van der Waals surface area contributed by atoms with Crippen LogP contribution >= 0.6 is 0 Å². The molecule has 0 aliphatic rings. The molecule has 0 atom stereocenters. The number of ketones is 1. The average Bonchev–Trinajstić information content (AvgIpc) is 2.39. The van der Waals surface area contributed by atoms with Crippen molar-refractivity contribution in [3.8, 4) is 0 Å². The monoisotopic (exact) mass is 255 g/mol. The second kappa shape index (κ2) is 5.35. The van der Waals surface area contributed by atoms with E-state index in [-0.39, 0.29) is 11.3 Å². The summed E-state index contributed by atoms with van der Waals surface area (Å²) in [4.78, 5) is 22.6. The molecule has 4 heteroatoms. The molecule has 4 nitrogen and oxygen atoms in total. The molecular formula is C15H13NO3. The van der Waals surface area contributed by atoms with Crippen LogP contribution in [-0.2, 0) is 0 Å². The van der Waals surface area contributed by atoms with Crippen LogP contribution in [0.4, 0.5) is 11.4 Å². The average molecular weight is 255 g/mol. The van der Waals surface area contributed by atoms with E-state index in [1.807, 2.05) is 0 Å². The van der Waals surface area contributed by atoms with Gasteiger partial charge in [-0.2, -0.15) is 0 Å². The Hall–Kier alpha value is -2.62. The van der Waals surface area contributed by atoms with Gasteiger partial charge in [0.1, 0.15) is 0 Å². The summed E-state index contributed by atoms with van der Waals surface area (Å²) in [6, 6.07) is 13.6. The van der Waals surface area contributed by atoms with Crippen LogP contribution in [0.3, 0.4) is 0 Å². The lowest BCUT2D eigenvalue weighted by Gasteiger charge is -2.12. The molecule has 0 aromatic heterocycles. The molecule has 19 heavy (non-hydrogen) atoms. The molecule has 0 amide bonds. The summed E-state index contributed by atoms with van der Waals surface area (Å²) in [6.07, 6.45) is 0. The maximum Gasteiger partial charge on any atom is 0.337 e. The van der Waals surface area contributed by atoms with Gasteiger partial charge in [-0.25, -0.2) is 4.79 Å². The van der Waals surface area contributed by atoms with Crippen molar-refractivity contribution in [2.75, 3.05) is 5.32 Å². The van der Waals surface area contributed by atoms with Gasteiger partial charge >= 0.3 is 5.97 Å². The van der Waals surface area contributed by atoms with E-state index in [4.69, 9.17) is 5.11 Å². The van der Waals surface area contributed by atoms with E-state index < -0.39 is 5.97 Å². The number of carboxylic acid groups (broad SMARTS) is 1. The highest BCUT2D eigenvalue weighted by Gasteiger charge is 2.11. The summed E-state index contributed by atoms with van der Waals surface area (Å²) in [7, 11) is 0. The third kappa shape index (κ3) is 2.80. The first-order valence-corrected chi connectivity index (χ1v) is 5.79. The van der Waals surface area contributed by atoms with Gasteiger partial charge in [0.05, 0.1) is 11.3 Å². The lowest BCUT2D eigenvalue weighted by molar-refractivity contribution is 0.0698. The number of nitrogens with one attached hydrogen (secondary N) is 1. The highest BCUT2D eigenvalue weighted by molar-refractivity contribution is 6.01. The SMILES string of the molecule is CC(=O)c1ccccc1Nc1ccccc1C(=O)O. The summed E-state index contributed by atoms with van der Waals surface area (Å²) in [6.45, 7) is 1.48. The summed E-state index contributed by atoms with van der Waals surface area (Å²) in [5.41, 5.74) is 1.76. The fraction of sp³-hybridized carbons (Fsp3) is 0.0667. The zero-order valence-electron chi connectivity index (χ0n) is 10.4. The predicted octanol–water partition coefficient (Wildman–Crippen LogP) is 3.33. The Morgan fingerprint density at radius 2 is 1.37 bits per heavy atom. The zero-order chi connectivity index (χ0) is 13.8. The number of para-hydroxylation sites is 2. The minimum Gasteiger partial charge on any atom is -0.478 e. The van der Waals surface area contributed by atoms with Gasteiger partial charge in [0, 0.05) is 11.3 Å². The van der Waals surface area contributed by atoms with Gasteiger partial charge in [-0.1, -0.05) is 24.3 Å². The van der Waals surface area contributed by atoms with Crippen molar-refractivity contribution in [1.82, 2.24) is 0 Å². The number of hydrogen-bond donors (Lipinski definition) is 2. The Kier molecular flexibility index (Phi) is 3.61. The molecule has 96 valence electrons. The molecule has 0 radical (unpaired) electrons. The molecule has 2 aromatic rings. The van der Waals surface area contributed by atoms with E-state index in [1.165, 1.54) is 13.0 Å². The molecule has 0 fully saturated rings. The minimum absolute atomic E-state index is 0.0732. The van der Waals surface area contributed by atoms with Gasteiger partial charge in [-0.05, 0) is 31.2 Å². The van der Waals surface area contributed by atoms with Crippen molar-refractivity contribution in [2.45, 2.75) is 6.92 Å². The van der Waals surface area contributed by atoms with Crippen LogP contribution < -0.4 is 5.32 Å². The van der Waals surface area contributed by atoms with E-state index >= 15 is 0 Å². The summed E-state index contributed by atoms with van der Waals surface area (Å²) >= 11 is 0. The molecule has 0 saturated heterocycles. The van der Waals surface area contributed by atoms with Crippen molar-refractivity contribution in [1.29, 1.82) is 0 Å². The standard InChI is InChI=1S/C15H13NO3/c1-10(17)11-6-2-4-8-13(11)16-14-9-5-3-7-12(14)15(18)19/h2-9,16H,1H3,(H,18,19). The Morgan fingerprint density at radius 1 is 0.895 bits per heavy atom. The normalized spacial score (nSPS) is 9.95. The molecule has 0 aliphatic heterocycles. The fourth-order valence-corrected chi connectivity index (χ4v) is 1.82. The van der Waals surface area contributed by atoms with Crippen LogP contribution in [-0.4, -0.2) is 16.9 Å². The Bertz CT molecular complexity index is 579. The quantitative estimate of drug-likeness (QED) is 0.822. The number of aromatic carboxylic acids is 1. The van der Waals surface area contributed by atoms with Crippen LogP contribution in [0.1, 0.15) is 27.6 Å². The molecule has 0 saturated carbocycles. The number of carbonyl (C=O) groups is 2. The molecular weight excluding hydrogens is 242 g/mol. The number of anilines is 2. The van der Waals surface area contributed by atoms with Crippen LogP contribution in [0, 0.1) is 0 Å². The van der Waals surface area contributed by atoms with Crippen molar-refractivity contribution >= 4 is 23.1 Å². The summed E-state index contributed by atoms with van der Waals surface area (Å²) in [5, 5.41) is 12.1. The van der Waals surface area contributed by atoms with Crippen LogP contribution in [0.15, 0.2) is 48.5 Å². The van der Waals surface area contributed by atoms with Gasteiger partial charge in [0.25, 0.3) is 0 Å². The number of rotatable bonds is 4. The van der Waals surface area contributed by atoms with E-state index in [9.17, 15) is 9.59 Å².